The zero-order valence-corrected chi connectivity index (χ0v) is 25.4. The lowest BCUT2D eigenvalue weighted by Crippen LogP contribution is -2.56. The third-order valence-corrected chi connectivity index (χ3v) is 10.1. The number of carboxylic acid groups (broad SMARTS) is 1. The largest absolute Gasteiger partial charge is 0.481 e. The zero-order chi connectivity index (χ0) is 29.2. The van der Waals surface area contributed by atoms with E-state index in [2.05, 4.69) is 4.90 Å². The minimum absolute atomic E-state index is 0.178. The second kappa shape index (κ2) is 12.4. The molecule has 4 atom stereocenters. The molecule has 0 saturated carbocycles. The number of carbonyl (C=O) groups is 2. The van der Waals surface area contributed by atoms with Crippen LogP contribution in [0.2, 0.25) is 10.0 Å². The van der Waals surface area contributed by atoms with Crippen LogP contribution in [0.5, 0.6) is 0 Å². The maximum Gasteiger partial charge on any atom is 0.304 e. The van der Waals surface area contributed by atoms with Crippen LogP contribution >= 0.6 is 23.2 Å². The van der Waals surface area contributed by atoms with Gasteiger partial charge in [-0.3, -0.25) is 9.59 Å². The fourth-order valence-electron chi connectivity index (χ4n) is 6.16. The molecule has 8 nitrogen and oxygen atoms in total. The molecule has 4 rings (SSSR count). The van der Waals surface area contributed by atoms with Gasteiger partial charge in [0.2, 0.25) is 15.9 Å². The summed E-state index contributed by atoms with van der Waals surface area (Å²) in [6.07, 6.45) is 1.98. The van der Waals surface area contributed by atoms with Crippen LogP contribution in [0.25, 0.3) is 0 Å². The van der Waals surface area contributed by atoms with E-state index in [1.165, 1.54) is 10.6 Å². The predicted octanol–water partition coefficient (Wildman–Crippen LogP) is 4.89. The number of piperazine rings is 1. The number of halogens is 2. The van der Waals surface area contributed by atoms with Gasteiger partial charge in [-0.15, -0.1) is 0 Å². The van der Waals surface area contributed by atoms with E-state index in [1.807, 2.05) is 54.3 Å². The molecule has 2 aliphatic rings. The van der Waals surface area contributed by atoms with Crippen molar-refractivity contribution in [2.24, 2.45) is 5.41 Å². The summed E-state index contributed by atoms with van der Waals surface area (Å²) in [4.78, 5) is 30.3. The lowest BCUT2D eigenvalue weighted by atomic mass is 9.67. The Morgan fingerprint density at radius 3 is 2.27 bits per heavy atom. The molecule has 40 heavy (non-hydrogen) atoms. The maximum atomic E-state index is 14.2. The molecule has 0 unspecified atom stereocenters. The fraction of sp³-hybridized carbons (Fsp3) is 0.517. The molecule has 0 bridgehead atoms. The lowest BCUT2D eigenvalue weighted by molar-refractivity contribution is -0.160. The highest BCUT2D eigenvalue weighted by Gasteiger charge is 2.51. The van der Waals surface area contributed by atoms with Crippen molar-refractivity contribution >= 4 is 45.1 Å². The number of amides is 1. The van der Waals surface area contributed by atoms with Gasteiger partial charge in [0.05, 0.1) is 24.1 Å². The third kappa shape index (κ3) is 6.99. The Morgan fingerprint density at radius 1 is 1.05 bits per heavy atom. The van der Waals surface area contributed by atoms with E-state index in [1.54, 1.807) is 13.0 Å². The van der Waals surface area contributed by atoms with Crippen molar-refractivity contribution in [3.63, 3.8) is 0 Å². The van der Waals surface area contributed by atoms with Crippen molar-refractivity contribution in [2.75, 3.05) is 39.0 Å². The van der Waals surface area contributed by atoms with Gasteiger partial charge in [0.25, 0.3) is 0 Å². The molecule has 0 spiro atoms. The molecule has 1 amide bonds. The van der Waals surface area contributed by atoms with Crippen molar-refractivity contribution in [2.45, 2.75) is 51.1 Å². The number of carbonyl (C=O) groups excluding carboxylic acids is 1. The Morgan fingerprint density at radius 2 is 1.70 bits per heavy atom. The van der Waals surface area contributed by atoms with Crippen LogP contribution < -0.4 is 0 Å². The summed E-state index contributed by atoms with van der Waals surface area (Å²) in [5.74, 6) is -1.38. The van der Waals surface area contributed by atoms with Crippen molar-refractivity contribution in [1.82, 2.24) is 14.1 Å². The molecular formula is C29H37Cl2N3O5S. The van der Waals surface area contributed by atoms with Crippen LogP contribution in [-0.2, 0) is 19.6 Å². The highest BCUT2D eigenvalue weighted by atomic mass is 35.5. The van der Waals surface area contributed by atoms with Gasteiger partial charge in [0, 0.05) is 54.7 Å². The number of piperidine rings is 1. The van der Waals surface area contributed by atoms with Crippen LogP contribution in [-0.4, -0.2) is 84.5 Å². The van der Waals surface area contributed by atoms with Crippen LogP contribution in [0.15, 0.2) is 48.5 Å². The van der Waals surface area contributed by atoms with Crippen molar-refractivity contribution < 1.29 is 23.1 Å². The highest BCUT2D eigenvalue weighted by Crippen LogP contribution is 2.52. The minimum atomic E-state index is -3.22. The van der Waals surface area contributed by atoms with E-state index >= 15 is 0 Å². The Hall–Kier alpha value is -2.17. The van der Waals surface area contributed by atoms with E-state index in [-0.39, 0.29) is 30.3 Å². The summed E-state index contributed by atoms with van der Waals surface area (Å²) in [5.41, 5.74) is 0.774. The fourth-order valence-corrected chi connectivity index (χ4v) is 7.31. The molecule has 11 heteroatoms. The van der Waals surface area contributed by atoms with E-state index in [4.69, 9.17) is 23.2 Å². The number of likely N-dealkylation sites (tertiary alicyclic amines) is 1. The summed E-state index contributed by atoms with van der Waals surface area (Å²) in [7, 11) is -3.22. The van der Waals surface area contributed by atoms with Crippen molar-refractivity contribution in [1.29, 1.82) is 0 Å². The zero-order valence-electron chi connectivity index (χ0n) is 23.1. The first-order chi connectivity index (χ1) is 18.8. The molecular weight excluding hydrogens is 573 g/mol. The molecule has 2 aromatic carbocycles. The van der Waals surface area contributed by atoms with E-state index < -0.39 is 21.4 Å². The standard InChI is InChI=1S/C29H37Cl2N3O5S/c1-20(11-12-32-13-15-33(16-14-32)40(3,38)39)34-27(21-7-9-23(30)10-8-21)25(22-5-4-6-24(31)17-22)18-29(2,28(34)37)19-26(35)36/h4-10,17,20,25,27H,11-16,18-19H2,1-3H3,(H,35,36)/t20-,25+,27+,29+/m0/s1. The smallest absolute Gasteiger partial charge is 0.304 e. The summed E-state index contributed by atoms with van der Waals surface area (Å²) in [5, 5.41) is 11.0. The molecule has 0 aliphatic carbocycles. The normalized spacial score (nSPS) is 25.6. The molecule has 2 saturated heterocycles. The summed E-state index contributed by atoms with van der Waals surface area (Å²) in [6.45, 7) is 6.58. The monoisotopic (exact) mass is 609 g/mol. The molecule has 0 radical (unpaired) electrons. The van der Waals surface area contributed by atoms with Gasteiger partial charge in [-0.05, 0) is 55.2 Å². The second-order valence-corrected chi connectivity index (χ2v) is 14.2. The number of aliphatic carboxylic acids is 1. The van der Waals surface area contributed by atoms with Gasteiger partial charge in [0.15, 0.2) is 0 Å². The molecule has 1 N–H and O–H groups in total. The van der Waals surface area contributed by atoms with Crippen LogP contribution in [0, 0.1) is 5.41 Å². The number of rotatable bonds is 9. The number of nitrogens with zero attached hydrogens (tertiary/aromatic N) is 3. The highest BCUT2D eigenvalue weighted by molar-refractivity contribution is 7.88. The summed E-state index contributed by atoms with van der Waals surface area (Å²) in [6, 6.07) is 14.5. The average Bonchev–Trinajstić information content (AvgIpc) is 2.88. The van der Waals surface area contributed by atoms with Gasteiger partial charge in [-0.25, -0.2) is 8.42 Å². The molecule has 2 aromatic rings. The first-order valence-corrected chi connectivity index (χ1v) is 16.1. The lowest BCUT2D eigenvalue weighted by Gasteiger charge is -2.51. The molecule has 0 aromatic heterocycles. The van der Waals surface area contributed by atoms with Gasteiger partial charge >= 0.3 is 5.97 Å². The number of hydrogen-bond donors (Lipinski definition) is 1. The van der Waals surface area contributed by atoms with Crippen LogP contribution in [0.3, 0.4) is 0 Å². The first-order valence-electron chi connectivity index (χ1n) is 13.5. The molecule has 2 heterocycles. The average molecular weight is 611 g/mol. The maximum absolute atomic E-state index is 14.2. The van der Waals surface area contributed by atoms with E-state index in [9.17, 15) is 23.1 Å². The Balaban J connectivity index is 1.67. The molecule has 2 fully saturated rings. The van der Waals surface area contributed by atoms with Crippen LogP contribution in [0.1, 0.15) is 56.2 Å². The topological polar surface area (TPSA) is 98.2 Å². The van der Waals surface area contributed by atoms with Gasteiger partial charge < -0.3 is 14.9 Å². The first kappa shape index (κ1) is 30.8. The third-order valence-electron chi connectivity index (χ3n) is 8.27. The summed E-state index contributed by atoms with van der Waals surface area (Å²) < 4.78 is 25.3. The predicted molar refractivity (Wildman–Crippen MR) is 157 cm³/mol. The van der Waals surface area contributed by atoms with Gasteiger partial charge in [-0.1, -0.05) is 54.4 Å². The van der Waals surface area contributed by atoms with Crippen molar-refractivity contribution in [3.8, 4) is 0 Å². The number of benzene rings is 2. The minimum Gasteiger partial charge on any atom is -0.481 e. The SMILES string of the molecule is C[C@@H](CCN1CCN(S(C)(=O)=O)CC1)N1C(=O)[C@@](C)(CC(=O)O)C[C@H](c2cccc(Cl)c2)[C@H]1c1ccc(Cl)cc1. The van der Waals surface area contributed by atoms with E-state index in [0.29, 0.717) is 55.6 Å². The number of sulfonamides is 1. The molecule has 218 valence electrons. The second-order valence-electron chi connectivity index (χ2n) is 11.3. The Kier molecular flexibility index (Phi) is 9.52. The van der Waals surface area contributed by atoms with E-state index in [0.717, 1.165) is 11.1 Å². The number of hydrogen-bond acceptors (Lipinski definition) is 5. The Labute approximate surface area is 246 Å². The van der Waals surface area contributed by atoms with Crippen molar-refractivity contribution in [3.05, 3.63) is 69.7 Å². The Bertz CT molecular complexity index is 1330. The molecule has 2 aliphatic heterocycles. The summed E-state index contributed by atoms with van der Waals surface area (Å²) >= 11 is 12.6. The van der Waals surface area contributed by atoms with Gasteiger partial charge in [0.1, 0.15) is 0 Å². The van der Waals surface area contributed by atoms with Crippen LogP contribution in [0.4, 0.5) is 0 Å². The van der Waals surface area contributed by atoms with Gasteiger partial charge in [-0.2, -0.15) is 4.31 Å². The quantitative estimate of drug-likeness (QED) is 0.435. The number of carboxylic acids is 1.